The van der Waals surface area contributed by atoms with Crippen LogP contribution in [0.2, 0.25) is 0 Å². The lowest BCUT2D eigenvalue weighted by molar-refractivity contribution is 0.218. The summed E-state index contributed by atoms with van der Waals surface area (Å²) >= 11 is 1.49. The minimum atomic E-state index is -0.678. The Morgan fingerprint density at radius 3 is 2.52 bits per heavy atom. The van der Waals surface area contributed by atoms with Crippen LogP contribution in [0.3, 0.4) is 0 Å². The van der Waals surface area contributed by atoms with Gasteiger partial charge in [-0.1, -0.05) is 25.1 Å². The Morgan fingerprint density at radius 1 is 1.07 bits per heavy atom. The molecular formula is C22H27N5OS. The van der Waals surface area contributed by atoms with E-state index in [9.17, 15) is 5.11 Å². The summed E-state index contributed by atoms with van der Waals surface area (Å²) in [5.74, 6) is 0.927. The Bertz CT molecular complexity index is 892. The van der Waals surface area contributed by atoms with E-state index in [2.05, 4.69) is 37.7 Å². The van der Waals surface area contributed by atoms with Crippen molar-refractivity contribution in [1.82, 2.24) is 19.9 Å². The fourth-order valence-electron chi connectivity index (χ4n) is 3.73. The zero-order valence-electron chi connectivity index (χ0n) is 16.7. The predicted octanol–water partition coefficient (Wildman–Crippen LogP) is 3.29. The molecule has 1 unspecified atom stereocenters. The first-order valence-corrected chi connectivity index (χ1v) is 11.1. The number of aliphatic hydroxyl groups excluding tert-OH is 1. The van der Waals surface area contributed by atoms with Crippen molar-refractivity contribution in [3.05, 3.63) is 70.2 Å². The normalized spacial score (nSPS) is 16.1. The highest BCUT2D eigenvalue weighted by atomic mass is 32.1. The molecule has 152 valence electrons. The van der Waals surface area contributed by atoms with Gasteiger partial charge in [0.2, 0.25) is 0 Å². The van der Waals surface area contributed by atoms with Crippen molar-refractivity contribution in [2.24, 2.45) is 0 Å². The van der Waals surface area contributed by atoms with Crippen LogP contribution in [0.15, 0.2) is 48.2 Å². The highest BCUT2D eigenvalue weighted by Crippen LogP contribution is 2.32. The summed E-state index contributed by atoms with van der Waals surface area (Å²) in [5.41, 5.74) is 3.19. The molecule has 29 heavy (non-hydrogen) atoms. The van der Waals surface area contributed by atoms with Gasteiger partial charge >= 0.3 is 0 Å². The molecule has 2 aromatic heterocycles. The van der Waals surface area contributed by atoms with Crippen LogP contribution in [0.4, 0.5) is 5.69 Å². The van der Waals surface area contributed by atoms with Gasteiger partial charge in [-0.3, -0.25) is 4.90 Å². The van der Waals surface area contributed by atoms with Gasteiger partial charge in [0.05, 0.1) is 0 Å². The third-order valence-corrected chi connectivity index (χ3v) is 6.10. The SMILES string of the molecule is CCCc1ncc(CN2CCN(c3ccccc3C(O)c3nccs3)CC2)cn1. The van der Waals surface area contributed by atoms with Crippen molar-refractivity contribution in [2.75, 3.05) is 31.1 Å². The van der Waals surface area contributed by atoms with Gasteiger partial charge in [0.1, 0.15) is 16.9 Å². The molecule has 0 amide bonds. The maximum atomic E-state index is 10.8. The molecular weight excluding hydrogens is 382 g/mol. The number of para-hydroxylation sites is 1. The van der Waals surface area contributed by atoms with E-state index < -0.39 is 6.10 Å². The summed E-state index contributed by atoms with van der Waals surface area (Å²) in [4.78, 5) is 18.0. The molecule has 7 heteroatoms. The molecule has 1 aliphatic rings. The number of hydrogen-bond donors (Lipinski definition) is 1. The zero-order chi connectivity index (χ0) is 20.1. The molecule has 0 saturated carbocycles. The van der Waals surface area contributed by atoms with Crippen LogP contribution in [0.5, 0.6) is 0 Å². The lowest BCUT2D eigenvalue weighted by Gasteiger charge is -2.37. The number of rotatable bonds is 7. The number of piperazine rings is 1. The molecule has 3 heterocycles. The molecule has 1 atom stereocenters. The first-order valence-electron chi connectivity index (χ1n) is 10.2. The van der Waals surface area contributed by atoms with E-state index >= 15 is 0 Å². The average molecular weight is 410 g/mol. The summed E-state index contributed by atoms with van der Waals surface area (Å²) in [7, 11) is 0. The first-order chi connectivity index (χ1) is 14.2. The third kappa shape index (κ3) is 4.80. The van der Waals surface area contributed by atoms with Crippen molar-refractivity contribution < 1.29 is 5.11 Å². The number of benzene rings is 1. The highest BCUT2D eigenvalue weighted by Gasteiger charge is 2.23. The Kier molecular flexibility index (Phi) is 6.49. The summed E-state index contributed by atoms with van der Waals surface area (Å²) in [6.45, 7) is 6.82. The van der Waals surface area contributed by atoms with Gasteiger partial charge in [0.25, 0.3) is 0 Å². The molecule has 1 aromatic carbocycles. The van der Waals surface area contributed by atoms with Gasteiger partial charge in [-0.25, -0.2) is 15.0 Å². The maximum absolute atomic E-state index is 10.8. The van der Waals surface area contributed by atoms with E-state index in [-0.39, 0.29) is 0 Å². The van der Waals surface area contributed by atoms with Crippen LogP contribution in [0.25, 0.3) is 0 Å². The number of aliphatic hydroxyl groups is 1. The maximum Gasteiger partial charge on any atom is 0.132 e. The van der Waals surface area contributed by atoms with Crippen LogP contribution in [-0.4, -0.2) is 51.1 Å². The van der Waals surface area contributed by atoms with Crippen LogP contribution >= 0.6 is 11.3 Å². The molecule has 4 rings (SSSR count). The molecule has 3 aromatic rings. The van der Waals surface area contributed by atoms with Crippen molar-refractivity contribution >= 4 is 17.0 Å². The second-order valence-electron chi connectivity index (χ2n) is 7.35. The van der Waals surface area contributed by atoms with Crippen LogP contribution in [0, 0.1) is 0 Å². The van der Waals surface area contributed by atoms with Gasteiger partial charge in [0, 0.05) is 79.9 Å². The van der Waals surface area contributed by atoms with Crippen molar-refractivity contribution in [3.8, 4) is 0 Å². The van der Waals surface area contributed by atoms with Gasteiger partial charge in [-0.15, -0.1) is 11.3 Å². The Hall–Kier alpha value is -2.35. The van der Waals surface area contributed by atoms with E-state index in [4.69, 9.17) is 0 Å². The largest absolute Gasteiger partial charge is 0.381 e. The molecule has 1 aliphatic heterocycles. The van der Waals surface area contributed by atoms with Crippen molar-refractivity contribution in [3.63, 3.8) is 0 Å². The van der Waals surface area contributed by atoms with Crippen LogP contribution in [0.1, 0.15) is 41.4 Å². The second kappa shape index (κ2) is 9.43. The van der Waals surface area contributed by atoms with Crippen LogP contribution < -0.4 is 4.90 Å². The predicted molar refractivity (Wildman–Crippen MR) is 116 cm³/mol. The molecule has 1 saturated heterocycles. The quantitative estimate of drug-likeness (QED) is 0.646. The fraction of sp³-hybridized carbons (Fsp3) is 0.409. The number of thiazole rings is 1. The van der Waals surface area contributed by atoms with Crippen molar-refractivity contribution in [2.45, 2.75) is 32.4 Å². The molecule has 6 nitrogen and oxygen atoms in total. The van der Waals surface area contributed by atoms with E-state index in [0.717, 1.165) is 73.2 Å². The number of nitrogens with zero attached hydrogens (tertiary/aromatic N) is 5. The molecule has 0 bridgehead atoms. The van der Waals surface area contributed by atoms with Gasteiger partial charge in [-0.05, 0) is 12.5 Å². The minimum Gasteiger partial charge on any atom is -0.381 e. The Morgan fingerprint density at radius 2 is 1.83 bits per heavy atom. The smallest absolute Gasteiger partial charge is 0.132 e. The molecule has 0 aliphatic carbocycles. The lowest BCUT2D eigenvalue weighted by atomic mass is 10.1. The van der Waals surface area contributed by atoms with Crippen LogP contribution in [-0.2, 0) is 13.0 Å². The molecule has 1 N–H and O–H groups in total. The summed E-state index contributed by atoms with van der Waals surface area (Å²) in [6, 6.07) is 8.12. The lowest BCUT2D eigenvalue weighted by Crippen LogP contribution is -2.46. The number of hydrogen-bond acceptors (Lipinski definition) is 7. The van der Waals surface area contributed by atoms with E-state index in [1.165, 1.54) is 11.3 Å². The number of aryl methyl sites for hydroxylation is 1. The molecule has 0 radical (unpaired) electrons. The van der Waals surface area contributed by atoms with Gasteiger partial charge < -0.3 is 10.0 Å². The Labute approximate surface area is 175 Å². The second-order valence-corrected chi connectivity index (χ2v) is 8.28. The number of aromatic nitrogens is 3. The van der Waals surface area contributed by atoms with Gasteiger partial charge in [-0.2, -0.15) is 0 Å². The van der Waals surface area contributed by atoms with Crippen molar-refractivity contribution in [1.29, 1.82) is 0 Å². The summed E-state index contributed by atoms with van der Waals surface area (Å²) < 4.78 is 0. The first kappa shape index (κ1) is 19.9. The third-order valence-electron chi connectivity index (χ3n) is 5.27. The Balaban J connectivity index is 1.39. The zero-order valence-corrected chi connectivity index (χ0v) is 17.6. The monoisotopic (exact) mass is 409 g/mol. The summed E-state index contributed by atoms with van der Waals surface area (Å²) in [5, 5.41) is 13.4. The van der Waals surface area contributed by atoms with E-state index in [0.29, 0.717) is 0 Å². The minimum absolute atomic E-state index is 0.678. The number of anilines is 1. The average Bonchev–Trinajstić information content (AvgIpc) is 3.30. The topological polar surface area (TPSA) is 65.4 Å². The summed E-state index contributed by atoms with van der Waals surface area (Å²) in [6.07, 6.45) is 6.99. The molecule has 1 fully saturated rings. The highest BCUT2D eigenvalue weighted by molar-refractivity contribution is 7.09. The fourth-order valence-corrected chi connectivity index (χ4v) is 4.37. The van der Waals surface area contributed by atoms with E-state index in [1.807, 2.05) is 36.0 Å². The standard InChI is InChI=1S/C22H27N5OS/c1-2-5-20-24-14-17(15-25-20)16-26-9-11-27(12-10-26)19-7-4-3-6-18(19)21(28)22-23-8-13-29-22/h3-4,6-8,13-15,21,28H,2,5,9-12,16H2,1H3. The molecule has 0 spiro atoms. The van der Waals surface area contributed by atoms with Gasteiger partial charge in [0.15, 0.2) is 0 Å². The van der Waals surface area contributed by atoms with E-state index in [1.54, 1.807) is 6.20 Å².